The highest BCUT2D eigenvalue weighted by atomic mass is 79.9. The summed E-state index contributed by atoms with van der Waals surface area (Å²) < 4.78 is 13.9. The van der Waals surface area contributed by atoms with Crippen molar-refractivity contribution in [3.05, 3.63) is 34.1 Å². The molecule has 0 saturated carbocycles. The van der Waals surface area contributed by atoms with E-state index in [4.69, 9.17) is 11.6 Å². The largest absolute Gasteiger partial charge is 0.308 e. The summed E-state index contributed by atoms with van der Waals surface area (Å²) in [5.41, 5.74) is 0.919. The average molecular weight is 309 g/mol. The number of rotatable bonds is 5. The third-order valence-electron chi connectivity index (χ3n) is 2.46. The maximum absolute atomic E-state index is 13.1. The van der Waals surface area contributed by atoms with E-state index in [2.05, 4.69) is 35.1 Å². The molecule has 0 heterocycles. The molecule has 1 N–H and O–H groups in total. The van der Waals surface area contributed by atoms with Crippen LogP contribution in [0.15, 0.2) is 22.7 Å². The Labute approximate surface area is 110 Å². The van der Waals surface area contributed by atoms with Crippen LogP contribution in [-0.4, -0.2) is 11.9 Å². The van der Waals surface area contributed by atoms with E-state index in [-0.39, 0.29) is 11.9 Å². The minimum atomic E-state index is -0.224. The van der Waals surface area contributed by atoms with Gasteiger partial charge in [-0.05, 0) is 29.7 Å². The zero-order valence-corrected chi connectivity index (χ0v) is 11.8. The predicted octanol–water partition coefficient (Wildman–Crippen LogP) is 3.94. The van der Waals surface area contributed by atoms with E-state index in [0.29, 0.717) is 18.3 Å². The number of benzene rings is 1. The summed E-state index contributed by atoms with van der Waals surface area (Å²) in [6, 6.07) is 5.14. The molecule has 1 unspecified atom stereocenters. The third-order valence-corrected chi connectivity index (χ3v) is 3.25. The van der Waals surface area contributed by atoms with Crippen molar-refractivity contribution in [3.63, 3.8) is 0 Å². The number of halogens is 3. The van der Waals surface area contributed by atoms with E-state index in [1.165, 1.54) is 12.1 Å². The quantitative estimate of drug-likeness (QED) is 0.812. The van der Waals surface area contributed by atoms with Crippen molar-refractivity contribution in [2.45, 2.75) is 26.4 Å². The summed E-state index contributed by atoms with van der Waals surface area (Å²) in [5.74, 6) is 0.807. The van der Waals surface area contributed by atoms with Gasteiger partial charge >= 0.3 is 0 Å². The Morgan fingerprint density at radius 3 is 2.56 bits per heavy atom. The summed E-state index contributed by atoms with van der Waals surface area (Å²) in [5, 5.41) is 3.32. The van der Waals surface area contributed by atoms with Crippen molar-refractivity contribution >= 4 is 27.5 Å². The van der Waals surface area contributed by atoms with Crippen LogP contribution in [0.1, 0.15) is 19.4 Å². The van der Waals surface area contributed by atoms with Gasteiger partial charge in [0.2, 0.25) is 0 Å². The second-order valence-corrected chi connectivity index (χ2v) is 5.39. The van der Waals surface area contributed by atoms with Gasteiger partial charge in [0, 0.05) is 22.9 Å². The van der Waals surface area contributed by atoms with E-state index in [1.807, 2.05) is 6.07 Å². The molecule has 16 heavy (non-hydrogen) atoms. The summed E-state index contributed by atoms with van der Waals surface area (Å²) in [7, 11) is 0. The number of alkyl halides is 1. The molecule has 1 nitrogen and oxygen atoms in total. The van der Waals surface area contributed by atoms with Crippen molar-refractivity contribution in [2.24, 2.45) is 5.92 Å². The fourth-order valence-corrected chi connectivity index (χ4v) is 2.41. The van der Waals surface area contributed by atoms with Gasteiger partial charge in [0.1, 0.15) is 5.82 Å². The lowest BCUT2D eigenvalue weighted by Gasteiger charge is -2.19. The lowest BCUT2D eigenvalue weighted by Crippen LogP contribution is -2.34. The van der Waals surface area contributed by atoms with E-state index in [9.17, 15) is 4.39 Å². The zero-order chi connectivity index (χ0) is 12.1. The molecule has 0 bridgehead atoms. The van der Waals surface area contributed by atoms with Crippen LogP contribution in [0.2, 0.25) is 0 Å². The molecule has 1 aromatic carbocycles. The van der Waals surface area contributed by atoms with Crippen LogP contribution in [-0.2, 0) is 6.54 Å². The first-order valence-electron chi connectivity index (χ1n) is 5.27. The molecule has 4 heteroatoms. The molecule has 0 aliphatic heterocycles. The van der Waals surface area contributed by atoms with Gasteiger partial charge in [-0.1, -0.05) is 29.8 Å². The second kappa shape index (κ2) is 6.58. The van der Waals surface area contributed by atoms with Gasteiger partial charge < -0.3 is 5.32 Å². The standard InChI is InChI=1S/C12H16BrClFN/c1-8(2)12(6-14)16-7-9-3-10(13)5-11(15)4-9/h3-5,8,12,16H,6-7H2,1-2H3. The summed E-state index contributed by atoms with van der Waals surface area (Å²) >= 11 is 9.12. The van der Waals surface area contributed by atoms with Gasteiger partial charge in [0.25, 0.3) is 0 Å². The van der Waals surface area contributed by atoms with Gasteiger partial charge in [0.15, 0.2) is 0 Å². The molecule has 0 aromatic heterocycles. The highest BCUT2D eigenvalue weighted by molar-refractivity contribution is 9.10. The van der Waals surface area contributed by atoms with Crippen LogP contribution in [0, 0.1) is 11.7 Å². The molecule has 1 aromatic rings. The summed E-state index contributed by atoms with van der Waals surface area (Å²) in [4.78, 5) is 0. The maximum atomic E-state index is 13.1. The molecular formula is C12H16BrClFN. The van der Waals surface area contributed by atoms with Crippen LogP contribution >= 0.6 is 27.5 Å². The zero-order valence-electron chi connectivity index (χ0n) is 9.43. The normalized spacial score (nSPS) is 13.1. The minimum Gasteiger partial charge on any atom is -0.308 e. The number of nitrogens with one attached hydrogen (secondary N) is 1. The first-order chi connectivity index (χ1) is 7.52. The van der Waals surface area contributed by atoms with Gasteiger partial charge in [-0.2, -0.15) is 0 Å². The highest BCUT2D eigenvalue weighted by Crippen LogP contribution is 2.15. The first kappa shape index (κ1) is 13.9. The van der Waals surface area contributed by atoms with Crippen molar-refractivity contribution in [2.75, 3.05) is 5.88 Å². The van der Waals surface area contributed by atoms with Gasteiger partial charge in [0.05, 0.1) is 0 Å². The van der Waals surface area contributed by atoms with Crippen molar-refractivity contribution < 1.29 is 4.39 Å². The van der Waals surface area contributed by atoms with E-state index in [1.54, 1.807) is 0 Å². The van der Waals surface area contributed by atoms with E-state index >= 15 is 0 Å². The monoisotopic (exact) mass is 307 g/mol. The van der Waals surface area contributed by atoms with Gasteiger partial charge in [-0.3, -0.25) is 0 Å². The Hall–Kier alpha value is -0.120. The van der Waals surface area contributed by atoms with E-state index < -0.39 is 0 Å². The van der Waals surface area contributed by atoms with Crippen molar-refractivity contribution in [1.29, 1.82) is 0 Å². The Morgan fingerprint density at radius 2 is 2.06 bits per heavy atom. The number of hydrogen-bond donors (Lipinski definition) is 1. The topological polar surface area (TPSA) is 12.0 Å². The Bertz CT molecular complexity index is 324. The number of hydrogen-bond acceptors (Lipinski definition) is 1. The average Bonchev–Trinajstić information content (AvgIpc) is 2.16. The molecule has 0 fully saturated rings. The molecule has 0 aliphatic rings. The smallest absolute Gasteiger partial charge is 0.124 e. The molecule has 0 amide bonds. The predicted molar refractivity (Wildman–Crippen MR) is 70.3 cm³/mol. The Morgan fingerprint density at radius 1 is 1.38 bits per heavy atom. The fourth-order valence-electron chi connectivity index (χ4n) is 1.43. The van der Waals surface area contributed by atoms with Crippen LogP contribution in [0.3, 0.4) is 0 Å². The summed E-state index contributed by atoms with van der Waals surface area (Å²) in [6.45, 7) is 4.86. The molecule has 0 saturated heterocycles. The van der Waals surface area contributed by atoms with Crippen molar-refractivity contribution in [1.82, 2.24) is 5.32 Å². The van der Waals surface area contributed by atoms with Crippen LogP contribution < -0.4 is 5.32 Å². The minimum absolute atomic E-state index is 0.224. The van der Waals surface area contributed by atoms with Crippen LogP contribution in [0.5, 0.6) is 0 Å². The summed E-state index contributed by atoms with van der Waals surface area (Å²) in [6.07, 6.45) is 0. The van der Waals surface area contributed by atoms with E-state index in [0.717, 1.165) is 10.0 Å². The van der Waals surface area contributed by atoms with Gasteiger partial charge in [-0.25, -0.2) is 4.39 Å². The molecule has 90 valence electrons. The maximum Gasteiger partial charge on any atom is 0.124 e. The molecule has 1 rings (SSSR count). The van der Waals surface area contributed by atoms with Crippen LogP contribution in [0.4, 0.5) is 4.39 Å². The lowest BCUT2D eigenvalue weighted by atomic mass is 10.1. The second-order valence-electron chi connectivity index (χ2n) is 4.16. The fraction of sp³-hybridized carbons (Fsp3) is 0.500. The van der Waals surface area contributed by atoms with Gasteiger partial charge in [-0.15, -0.1) is 11.6 Å². The lowest BCUT2D eigenvalue weighted by molar-refractivity contribution is 0.429. The highest BCUT2D eigenvalue weighted by Gasteiger charge is 2.11. The first-order valence-corrected chi connectivity index (χ1v) is 6.60. The Kier molecular flexibility index (Phi) is 5.73. The molecule has 0 spiro atoms. The molecule has 1 atom stereocenters. The SMILES string of the molecule is CC(C)C(CCl)NCc1cc(F)cc(Br)c1. The molecule has 0 radical (unpaired) electrons. The molecular weight excluding hydrogens is 292 g/mol. The van der Waals surface area contributed by atoms with Crippen molar-refractivity contribution in [3.8, 4) is 0 Å². The third kappa shape index (κ3) is 4.40. The molecule has 0 aliphatic carbocycles. The van der Waals surface area contributed by atoms with Crippen LogP contribution in [0.25, 0.3) is 0 Å². The Balaban J connectivity index is 2.60.